The van der Waals surface area contributed by atoms with Gasteiger partial charge in [0.2, 0.25) is 5.91 Å². The molecule has 0 aliphatic rings. The fraction of sp³-hybridized carbons (Fsp3) is 0.263. The molecule has 1 atom stereocenters. The van der Waals surface area contributed by atoms with Gasteiger partial charge in [-0.3, -0.25) is 9.59 Å². The summed E-state index contributed by atoms with van der Waals surface area (Å²) >= 11 is 0. The summed E-state index contributed by atoms with van der Waals surface area (Å²) in [5.41, 5.74) is 1.41. The number of carbonyl (C=O) groups excluding carboxylic acids is 2. The zero-order valence-electron chi connectivity index (χ0n) is 13.6. The zero-order chi connectivity index (χ0) is 17.4. The van der Waals surface area contributed by atoms with E-state index < -0.39 is 0 Å². The van der Waals surface area contributed by atoms with Gasteiger partial charge in [0.05, 0.1) is 6.54 Å². The standard InChI is InChI=1S/C19H21FN2O2/c1-14(10-11-15-6-5-9-17(20)12-15)22-18(23)13-21-19(24)16-7-3-2-4-8-16/h2-9,12,14H,10-11,13H2,1H3,(H,21,24)(H,22,23). The van der Waals surface area contributed by atoms with Gasteiger partial charge in [0.25, 0.3) is 5.91 Å². The van der Waals surface area contributed by atoms with Crippen LogP contribution in [0.4, 0.5) is 4.39 Å². The van der Waals surface area contributed by atoms with Crippen LogP contribution < -0.4 is 10.6 Å². The van der Waals surface area contributed by atoms with Crippen LogP contribution in [0.2, 0.25) is 0 Å². The number of benzene rings is 2. The predicted molar refractivity (Wildman–Crippen MR) is 91.1 cm³/mol. The Bertz CT molecular complexity index is 689. The first-order valence-electron chi connectivity index (χ1n) is 7.91. The summed E-state index contributed by atoms with van der Waals surface area (Å²) < 4.78 is 13.1. The molecule has 0 aliphatic carbocycles. The number of hydrogen-bond acceptors (Lipinski definition) is 2. The molecule has 0 spiro atoms. The van der Waals surface area contributed by atoms with Crippen molar-refractivity contribution in [2.45, 2.75) is 25.8 Å². The summed E-state index contributed by atoms with van der Waals surface area (Å²) in [7, 11) is 0. The Morgan fingerprint density at radius 2 is 1.83 bits per heavy atom. The Balaban J connectivity index is 1.70. The fourth-order valence-corrected chi connectivity index (χ4v) is 2.33. The molecule has 2 aromatic rings. The second-order valence-corrected chi connectivity index (χ2v) is 5.69. The maximum atomic E-state index is 13.1. The molecular formula is C19H21FN2O2. The van der Waals surface area contributed by atoms with Gasteiger partial charge >= 0.3 is 0 Å². The summed E-state index contributed by atoms with van der Waals surface area (Å²) in [5.74, 6) is -0.781. The van der Waals surface area contributed by atoms with Gasteiger partial charge in [0, 0.05) is 11.6 Å². The second-order valence-electron chi connectivity index (χ2n) is 5.69. The lowest BCUT2D eigenvalue weighted by Crippen LogP contribution is -2.41. The lowest BCUT2D eigenvalue weighted by molar-refractivity contribution is -0.120. The average Bonchev–Trinajstić information content (AvgIpc) is 2.59. The minimum atomic E-state index is -0.279. The second kappa shape index (κ2) is 8.82. The molecule has 0 saturated carbocycles. The third-order valence-electron chi connectivity index (χ3n) is 3.61. The largest absolute Gasteiger partial charge is 0.352 e. The molecule has 126 valence electrons. The number of rotatable bonds is 7. The molecule has 24 heavy (non-hydrogen) atoms. The molecule has 2 amide bonds. The van der Waals surface area contributed by atoms with Crippen molar-refractivity contribution in [3.8, 4) is 0 Å². The first kappa shape index (κ1) is 17.7. The lowest BCUT2D eigenvalue weighted by atomic mass is 10.1. The van der Waals surface area contributed by atoms with Gasteiger partial charge in [-0.1, -0.05) is 30.3 Å². The van der Waals surface area contributed by atoms with Gasteiger partial charge in [-0.2, -0.15) is 0 Å². The van der Waals surface area contributed by atoms with Gasteiger partial charge < -0.3 is 10.6 Å². The molecule has 2 N–H and O–H groups in total. The Kier molecular flexibility index (Phi) is 6.49. The Morgan fingerprint density at radius 1 is 1.08 bits per heavy atom. The van der Waals surface area contributed by atoms with Gasteiger partial charge in [0.15, 0.2) is 0 Å². The van der Waals surface area contributed by atoms with E-state index in [1.807, 2.05) is 19.1 Å². The quantitative estimate of drug-likeness (QED) is 0.821. The van der Waals surface area contributed by atoms with Gasteiger partial charge in [-0.15, -0.1) is 0 Å². The summed E-state index contributed by atoms with van der Waals surface area (Å²) in [6.45, 7) is 1.81. The summed E-state index contributed by atoms with van der Waals surface area (Å²) in [6, 6.07) is 15.1. The van der Waals surface area contributed by atoms with Gasteiger partial charge in [0.1, 0.15) is 5.82 Å². The van der Waals surface area contributed by atoms with E-state index in [1.54, 1.807) is 30.3 Å². The topological polar surface area (TPSA) is 58.2 Å². The van der Waals surface area contributed by atoms with E-state index in [2.05, 4.69) is 10.6 Å². The van der Waals surface area contributed by atoms with E-state index in [-0.39, 0.29) is 30.2 Å². The highest BCUT2D eigenvalue weighted by Crippen LogP contribution is 2.07. The van der Waals surface area contributed by atoms with E-state index >= 15 is 0 Å². The average molecular weight is 328 g/mol. The molecular weight excluding hydrogens is 307 g/mol. The minimum absolute atomic E-state index is 0.0607. The molecule has 2 aromatic carbocycles. The number of halogens is 1. The third-order valence-corrected chi connectivity index (χ3v) is 3.61. The van der Waals surface area contributed by atoms with Crippen LogP contribution in [0.15, 0.2) is 54.6 Å². The van der Waals surface area contributed by atoms with Crippen LogP contribution in [0.1, 0.15) is 29.3 Å². The van der Waals surface area contributed by atoms with Crippen molar-refractivity contribution in [2.24, 2.45) is 0 Å². The van der Waals surface area contributed by atoms with Crippen LogP contribution in [0.5, 0.6) is 0 Å². The van der Waals surface area contributed by atoms with Crippen molar-refractivity contribution in [1.29, 1.82) is 0 Å². The third kappa shape index (κ3) is 5.83. The summed E-state index contributed by atoms with van der Waals surface area (Å²) in [5, 5.41) is 5.41. The molecule has 0 aliphatic heterocycles. The Labute approximate surface area is 141 Å². The van der Waals surface area contributed by atoms with Crippen molar-refractivity contribution < 1.29 is 14.0 Å². The molecule has 0 saturated heterocycles. The van der Waals surface area contributed by atoms with E-state index in [1.165, 1.54) is 12.1 Å². The highest BCUT2D eigenvalue weighted by molar-refractivity contribution is 5.96. The molecule has 1 unspecified atom stereocenters. The van der Waals surface area contributed by atoms with Crippen LogP contribution in [-0.4, -0.2) is 24.4 Å². The molecule has 4 nitrogen and oxygen atoms in total. The lowest BCUT2D eigenvalue weighted by Gasteiger charge is -2.14. The van der Waals surface area contributed by atoms with Crippen LogP contribution in [0, 0.1) is 5.82 Å². The SMILES string of the molecule is CC(CCc1cccc(F)c1)NC(=O)CNC(=O)c1ccccc1. The maximum Gasteiger partial charge on any atom is 0.251 e. The van der Waals surface area contributed by atoms with Gasteiger partial charge in [-0.25, -0.2) is 4.39 Å². The number of amides is 2. The monoisotopic (exact) mass is 328 g/mol. The molecule has 0 fully saturated rings. The highest BCUT2D eigenvalue weighted by Gasteiger charge is 2.10. The summed E-state index contributed by atoms with van der Waals surface area (Å²) in [6.07, 6.45) is 1.37. The minimum Gasteiger partial charge on any atom is -0.352 e. The predicted octanol–water partition coefficient (Wildman–Crippen LogP) is 2.69. The van der Waals surface area contributed by atoms with E-state index in [9.17, 15) is 14.0 Å². The number of nitrogens with one attached hydrogen (secondary N) is 2. The van der Waals surface area contributed by atoms with Crippen LogP contribution in [-0.2, 0) is 11.2 Å². The molecule has 0 heterocycles. The van der Waals surface area contributed by atoms with Crippen LogP contribution >= 0.6 is 0 Å². The maximum absolute atomic E-state index is 13.1. The molecule has 0 radical (unpaired) electrons. The first-order chi connectivity index (χ1) is 11.5. The van der Waals surface area contributed by atoms with E-state index in [0.29, 0.717) is 18.4 Å². The van der Waals surface area contributed by atoms with Crippen LogP contribution in [0.25, 0.3) is 0 Å². The number of carbonyl (C=O) groups is 2. The van der Waals surface area contributed by atoms with Crippen molar-refractivity contribution in [2.75, 3.05) is 6.54 Å². The van der Waals surface area contributed by atoms with Crippen molar-refractivity contribution in [3.05, 3.63) is 71.5 Å². The fourth-order valence-electron chi connectivity index (χ4n) is 2.33. The molecule has 0 bridgehead atoms. The van der Waals surface area contributed by atoms with Gasteiger partial charge in [-0.05, 0) is 49.6 Å². The van der Waals surface area contributed by atoms with Crippen molar-refractivity contribution >= 4 is 11.8 Å². The van der Waals surface area contributed by atoms with E-state index in [0.717, 1.165) is 5.56 Å². The van der Waals surface area contributed by atoms with Crippen molar-refractivity contribution in [1.82, 2.24) is 10.6 Å². The Hall–Kier alpha value is -2.69. The molecule has 2 rings (SSSR count). The first-order valence-corrected chi connectivity index (χ1v) is 7.91. The molecule has 0 aromatic heterocycles. The van der Waals surface area contributed by atoms with Crippen molar-refractivity contribution in [3.63, 3.8) is 0 Å². The molecule has 5 heteroatoms. The van der Waals surface area contributed by atoms with E-state index in [4.69, 9.17) is 0 Å². The zero-order valence-corrected chi connectivity index (χ0v) is 13.6. The number of hydrogen-bond donors (Lipinski definition) is 2. The van der Waals surface area contributed by atoms with Crippen LogP contribution in [0.3, 0.4) is 0 Å². The normalized spacial score (nSPS) is 11.6. The highest BCUT2D eigenvalue weighted by atomic mass is 19.1. The number of aryl methyl sites for hydroxylation is 1. The Morgan fingerprint density at radius 3 is 2.54 bits per heavy atom. The summed E-state index contributed by atoms with van der Waals surface area (Å²) in [4.78, 5) is 23.7. The smallest absolute Gasteiger partial charge is 0.251 e.